The van der Waals surface area contributed by atoms with Gasteiger partial charge in [-0.25, -0.2) is 0 Å². The lowest BCUT2D eigenvalue weighted by Crippen LogP contribution is -2.49. The van der Waals surface area contributed by atoms with E-state index < -0.39 is 0 Å². The van der Waals surface area contributed by atoms with Gasteiger partial charge in [0.2, 0.25) is 5.89 Å². The van der Waals surface area contributed by atoms with Crippen molar-refractivity contribution in [2.24, 2.45) is 0 Å². The molecule has 1 fully saturated rings. The number of piperazine rings is 1. The summed E-state index contributed by atoms with van der Waals surface area (Å²) in [7, 11) is 0. The highest BCUT2D eigenvalue weighted by atomic mass is 35.5. The summed E-state index contributed by atoms with van der Waals surface area (Å²) in [6.07, 6.45) is 0. The van der Waals surface area contributed by atoms with Gasteiger partial charge < -0.3 is 9.42 Å². The second kappa shape index (κ2) is 7.09. The van der Waals surface area contributed by atoms with Crippen LogP contribution in [0.1, 0.15) is 35.0 Å². The Bertz CT molecular complexity index is 741. The Kier molecular flexibility index (Phi) is 5.08. The van der Waals surface area contributed by atoms with E-state index in [1.807, 2.05) is 6.92 Å². The molecule has 1 aromatic carbocycles. The van der Waals surface area contributed by atoms with Gasteiger partial charge in [-0.3, -0.25) is 9.69 Å². The molecular formula is C16H18Cl2N4O2. The molecule has 0 saturated carbocycles. The molecule has 1 aliphatic rings. The Morgan fingerprint density at radius 3 is 2.54 bits per heavy atom. The smallest absolute Gasteiger partial charge is 0.255 e. The highest BCUT2D eigenvalue weighted by Crippen LogP contribution is 2.24. The van der Waals surface area contributed by atoms with Crippen molar-refractivity contribution in [2.75, 3.05) is 26.2 Å². The predicted octanol–water partition coefficient (Wildman–Crippen LogP) is 3.20. The van der Waals surface area contributed by atoms with Gasteiger partial charge in [-0.15, -0.1) is 0 Å². The third-order valence-corrected chi connectivity index (χ3v) is 4.76. The van der Waals surface area contributed by atoms with E-state index in [1.54, 1.807) is 30.0 Å². The Labute approximate surface area is 150 Å². The molecule has 1 aromatic heterocycles. The number of halogens is 2. The largest absolute Gasteiger partial charge is 0.338 e. The summed E-state index contributed by atoms with van der Waals surface area (Å²) in [5.74, 6) is 1.16. The van der Waals surface area contributed by atoms with Crippen molar-refractivity contribution in [3.63, 3.8) is 0 Å². The third kappa shape index (κ3) is 3.55. The van der Waals surface area contributed by atoms with E-state index in [9.17, 15) is 4.79 Å². The fourth-order valence-electron chi connectivity index (χ4n) is 2.78. The van der Waals surface area contributed by atoms with Gasteiger partial charge in [0.05, 0.1) is 16.6 Å². The van der Waals surface area contributed by atoms with E-state index in [0.717, 1.165) is 13.1 Å². The Hall–Kier alpha value is -1.63. The zero-order valence-corrected chi connectivity index (χ0v) is 15.0. The lowest BCUT2D eigenvalue weighted by Gasteiger charge is -2.36. The van der Waals surface area contributed by atoms with Crippen molar-refractivity contribution in [3.8, 4) is 0 Å². The van der Waals surface area contributed by atoms with Crippen LogP contribution in [0, 0.1) is 6.92 Å². The second-order valence-corrected chi connectivity index (χ2v) is 6.65. The molecule has 0 spiro atoms. The van der Waals surface area contributed by atoms with Crippen molar-refractivity contribution in [1.29, 1.82) is 0 Å². The van der Waals surface area contributed by atoms with Gasteiger partial charge in [0.15, 0.2) is 5.82 Å². The molecule has 0 aliphatic carbocycles. The average molecular weight is 369 g/mol. The maximum absolute atomic E-state index is 12.6. The van der Waals surface area contributed by atoms with E-state index in [-0.39, 0.29) is 11.9 Å². The maximum atomic E-state index is 12.6. The van der Waals surface area contributed by atoms with Gasteiger partial charge >= 0.3 is 0 Å². The van der Waals surface area contributed by atoms with Crippen LogP contribution in [0.15, 0.2) is 22.7 Å². The first kappa shape index (κ1) is 17.2. The molecule has 128 valence electrons. The Morgan fingerprint density at radius 1 is 1.25 bits per heavy atom. The summed E-state index contributed by atoms with van der Waals surface area (Å²) in [6.45, 7) is 6.54. The minimum Gasteiger partial charge on any atom is -0.338 e. The van der Waals surface area contributed by atoms with E-state index in [4.69, 9.17) is 27.7 Å². The van der Waals surface area contributed by atoms with E-state index in [0.29, 0.717) is 40.4 Å². The minimum absolute atomic E-state index is 0.0302. The van der Waals surface area contributed by atoms with Crippen molar-refractivity contribution in [3.05, 3.63) is 45.5 Å². The van der Waals surface area contributed by atoms with Crippen LogP contribution in [0.3, 0.4) is 0 Å². The number of nitrogens with zero attached hydrogens (tertiary/aromatic N) is 4. The van der Waals surface area contributed by atoms with Crippen LogP contribution in [-0.4, -0.2) is 52.0 Å². The molecule has 1 aliphatic heterocycles. The quantitative estimate of drug-likeness (QED) is 0.832. The molecule has 0 N–H and O–H groups in total. The van der Waals surface area contributed by atoms with Crippen LogP contribution in [0.4, 0.5) is 0 Å². The van der Waals surface area contributed by atoms with Crippen LogP contribution in [0.5, 0.6) is 0 Å². The topological polar surface area (TPSA) is 62.5 Å². The molecule has 6 nitrogen and oxygen atoms in total. The molecule has 0 bridgehead atoms. The van der Waals surface area contributed by atoms with Crippen LogP contribution >= 0.6 is 23.2 Å². The molecule has 1 amide bonds. The molecule has 2 heterocycles. The summed E-state index contributed by atoms with van der Waals surface area (Å²) in [6, 6.07) is 4.97. The normalized spacial score (nSPS) is 17.1. The third-order valence-electron chi connectivity index (χ3n) is 4.21. The molecule has 0 radical (unpaired) electrons. The molecule has 2 aromatic rings. The molecule has 1 atom stereocenters. The monoisotopic (exact) mass is 368 g/mol. The molecule has 1 unspecified atom stereocenters. The maximum Gasteiger partial charge on any atom is 0.255 e. The van der Waals surface area contributed by atoms with E-state index in [2.05, 4.69) is 15.0 Å². The van der Waals surface area contributed by atoms with Gasteiger partial charge in [0, 0.05) is 31.2 Å². The first-order valence-electron chi connectivity index (χ1n) is 7.74. The zero-order chi connectivity index (χ0) is 17.3. The number of hydrogen-bond acceptors (Lipinski definition) is 5. The molecule has 24 heavy (non-hydrogen) atoms. The first-order chi connectivity index (χ1) is 11.5. The van der Waals surface area contributed by atoms with Crippen LogP contribution in [0.2, 0.25) is 10.0 Å². The Balaban J connectivity index is 1.63. The highest BCUT2D eigenvalue weighted by molar-refractivity contribution is 6.36. The van der Waals surface area contributed by atoms with Crippen molar-refractivity contribution in [2.45, 2.75) is 19.9 Å². The number of benzene rings is 1. The summed E-state index contributed by atoms with van der Waals surface area (Å²) < 4.78 is 5.24. The number of aryl methyl sites for hydroxylation is 1. The number of amides is 1. The standard InChI is InChI=1S/C16H18Cl2N4O2/c1-10(15-19-11(2)20-24-15)21-5-7-22(8-6-21)16(23)13-4-3-12(17)9-14(13)18/h3-4,9-10H,5-8H2,1-2H3. The number of carbonyl (C=O) groups excluding carboxylic acids is 1. The Morgan fingerprint density at radius 2 is 1.96 bits per heavy atom. The lowest BCUT2D eigenvalue weighted by molar-refractivity contribution is 0.0552. The van der Waals surface area contributed by atoms with Gasteiger partial charge in [-0.2, -0.15) is 4.98 Å². The van der Waals surface area contributed by atoms with Crippen molar-refractivity contribution < 1.29 is 9.32 Å². The van der Waals surface area contributed by atoms with Gasteiger partial charge in [-0.05, 0) is 32.0 Å². The van der Waals surface area contributed by atoms with E-state index >= 15 is 0 Å². The van der Waals surface area contributed by atoms with Gasteiger partial charge in [0.25, 0.3) is 5.91 Å². The molecule has 1 saturated heterocycles. The minimum atomic E-state index is -0.0717. The van der Waals surface area contributed by atoms with Crippen molar-refractivity contribution in [1.82, 2.24) is 19.9 Å². The lowest BCUT2D eigenvalue weighted by atomic mass is 10.1. The molecular weight excluding hydrogens is 351 g/mol. The van der Waals surface area contributed by atoms with Crippen LogP contribution in [0.25, 0.3) is 0 Å². The summed E-state index contributed by atoms with van der Waals surface area (Å²) in [5.41, 5.74) is 0.482. The average Bonchev–Trinajstić information content (AvgIpc) is 3.00. The van der Waals surface area contributed by atoms with Crippen LogP contribution in [-0.2, 0) is 0 Å². The fourth-order valence-corrected chi connectivity index (χ4v) is 3.27. The summed E-state index contributed by atoms with van der Waals surface area (Å²) >= 11 is 12.0. The number of carbonyl (C=O) groups is 1. The van der Waals surface area contributed by atoms with E-state index in [1.165, 1.54) is 0 Å². The SMILES string of the molecule is Cc1noc(C(C)N2CCN(C(=O)c3ccc(Cl)cc3Cl)CC2)n1. The second-order valence-electron chi connectivity index (χ2n) is 5.81. The number of rotatable bonds is 3. The first-order valence-corrected chi connectivity index (χ1v) is 8.50. The molecule has 3 rings (SSSR count). The van der Waals surface area contributed by atoms with Gasteiger partial charge in [-0.1, -0.05) is 28.4 Å². The number of hydrogen-bond donors (Lipinski definition) is 0. The van der Waals surface area contributed by atoms with Crippen LogP contribution < -0.4 is 0 Å². The predicted molar refractivity (Wildman–Crippen MR) is 91.4 cm³/mol. The summed E-state index contributed by atoms with van der Waals surface area (Å²) in [4.78, 5) is 20.9. The zero-order valence-electron chi connectivity index (χ0n) is 13.5. The fraction of sp³-hybridized carbons (Fsp3) is 0.438. The number of aromatic nitrogens is 2. The molecule has 8 heteroatoms. The highest BCUT2D eigenvalue weighted by Gasteiger charge is 2.28. The van der Waals surface area contributed by atoms with Crippen molar-refractivity contribution >= 4 is 29.1 Å². The summed E-state index contributed by atoms with van der Waals surface area (Å²) in [5, 5.41) is 4.73. The van der Waals surface area contributed by atoms with Gasteiger partial charge in [0.1, 0.15) is 0 Å².